The van der Waals surface area contributed by atoms with Gasteiger partial charge < -0.3 is 10.6 Å². The van der Waals surface area contributed by atoms with Crippen molar-refractivity contribution in [3.05, 3.63) is 16.1 Å². The highest BCUT2D eigenvalue weighted by Gasteiger charge is 2.21. The van der Waals surface area contributed by atoms with Crippen LogP contribution in [-0.2, 0) is 6.42 Å². The summed E-state index contributed by atoms with van der Waals surface area (Å²) in [5, 5.41) is 9.92. The van der Waals surface area contributed by atoms with Crippen LogP contribution in [0.15, 0.2) is 10.4 Å². The van der Waals surface area contributed by atoms with Gasteiger partial charge in [-0.05, 0) is 26.7 Å². The Morgan fingerprint density at radius 2 is 2.33 bits per heavy atom. The van der Waals surface area contributed by atoms with E-state index in [1.807, 2.05) is 6.92 Å². The minimum Gasteiger partial charge on any atom is -0.357 e. The van der Waals surface area contributed by atoms with Crippen LogP contribution >= 0.6 is 35.3 Å². The van der Waals surface area contributed by atoms with E-state index in [0.29, 0.717) is 6.04 Å². The van der Waals surface area contributed by atoms with E-state index in [1.165, 1.54) is 12.8 Å². The van der Waals surface area contributed by atoms with Crippen LogP contribution < -0.4 is 10.6 Å². The third-order valence-corrected chi connectivity index (χ3v) is 3.39. The van der Waals surface area contributed by atoms with Crippen LogP contribution in [0, 0.1) is 6.92 Å². The van der Waals surface area contributed by atoms with E-state index in [-0.39, 0.29) is 24.0 Å². The summed E-state index contributed by atoms with van der Waals surface area (Å²) in [5.41, 5.74) is 1.15. The number of halogens is 1. The Morgan fingerprint density at radius 3 is 2.89 bits per heavy atom. The van der Waals surface area contributed by atoms with E-state index >= 15 is 0 Å². The molecule has 2 rings (SSSR count). The van der Waals surface area contributed by atoms with E-state index in [2.05, 4.69) is 32.9 Å². The molecule has 0 aliphatic heterocycles. The molecule has 0 amide bonds. The molecule has 0 atom stereocenters. The molecule has 0 unspecified atom stereocenters. The fourth-order valence-electron chi connectivity index (χ4n) is 1.55. The Bertz CT molecular complexity index is 387. The van der Waals surface area contributed by atoms with Crippen LogP contribution in [0.2, 0.25) is 0 Å². The topological polar surface area (TPSA) is 49.3 Å². The van der Waals surface area contributed by atoms with Gasteiger partial charge in [0.15, 0.2) is 5.96 Å². The lowest BCUT2D eigenvalue weighted by Crippen LogP contribution is -2.38. The van der Waals surface area contributed by atoms with Gasteiger partial charge in [-0.25, -0.2) is 4.98 Å². The van der Waals surface area contributed by atoms with Crippen molar-refractivity contribution in [1.82, 2.24) is 15.6 Å². The second-order valence-electron chi connectivity index (χ2n) is 4.29. The molecule has 4 nitrogen and oxygen atoms in total. The molecule has 0 spiro atoms. The van der Waals surface area contributed by atoms with Crippen molar-refractivity contribution in [3.8, 4) is 0 Å². The monoisotopic (exact) mass is 380 g/mol. The standard InChI is InChI=1S/C12H20N4S.HI/c1-3-13-12(16-10-4-5-10)14-7-6-11-8-17-9(2)15-11;/h8,10H,3-7H2,1-2H3,(H2,13,14,16);1H. The predicted molar refractivity (Wildman–Crippen MR) is 88.1 cm³/mol. The minimum atomic E-state index is 0. The largest absolute Gasteiger partial charge is 0.357 e. The molecule has 1 aromatic rings. The van der Waals surface area contributed by atoms with E-state index < -0.39 is 0 Å². The molecular weight excluding hydrogens is 359 g/mol. The Balaban J connectivity index is 0.00000162. The first-order valence-corrected chi connectivity index (χ1v) is 7.11. The molecule has 0 saturated heterocycles. The fraction of sp³-hybridized carbons (Fsp3) is 0.667. The van der Waals surface area contributed by atoms with Crippen LogP contribution in [0.3, 0.4) is 0 Å². The summed E-state index contributed by atoms with van der Waals surface area (Å²) in [5.74, 6) is 0.946. The first kappa shape index (κ1) is 15.7. The van der Waals surface area contributed by atoms with Crippen molar-refractivity contribution < 1.29 is 0 Å². The molecule has 1 aromatic heterocycles. The molecule has 18 heavy (non-hydrogen) atoms. The predicted octanol–water partition coefficient (Wildman–Crippen LogP) is 2.33. The molecule has 6 heteroatoms. The van der Waals surface area contributed by atoms with Gasteiger partial charge in [-0.15, -0.1) is 35.3 Å². The van der Waals surface area contributed by atoms with Gasteiger partial charge in [-0.2, -0.15) is 0 Å². The Morgan fingerprint density at radius 1 is 1.56 bits per heavy atom. The van der Waals surface area contributed by atoms with Crippen LogP contribution in [0.4, 0.5) is 0 Å². The zero-order valence-corrected chi connectivity index (χ0v) is 14.0. The number of nitrogens with zero attached hydrogens (tertiary/aromatic N) is 2. The number of thiazole rings is 1. The number of aryl methyl sites for hydroxylation is 1. The maximum atomic E-state index is 4.56. The quantitative estimate of drug-likeness (QED) is 0.468. The van der Waals surface area contributed by atoms with Gasteiger partial charge in [0.05, 0.1) is 10.7 Å². The van der Waals surface area contributed by atoms with Gasteiger partial charge in [-0.1, -0.05) is 0 Å². The second kappa shape index (κ2) is 7.93. The van der Waals surface area contributed by atoms with E-state index in [0.717, 1.165) is 36.2 Å². The number of guanidine groups is 1. The average molecular weight is 380 g/mol. The van der Waals surface area contributed by atoms with Crippen molar-refractivity contribution in [3.63, 3.8) is 0 Å². The normalized spacial score (nSPS) is 15.1. The van der Waals surface area contributed by atoms with Crippen molar-refractivity contribution in [2.24, 2.45) is 4.99 Å². The molecule has 1 aliphatic carbocycles. The lowest BCUT2D eigenvalue weighted by Gasteiger charge is -2.09. The summed E-state index contributed by atoms with van der Waals surface area (Å²) in [6.07, 6.45) is 3.47. The lowest BCUT2D eigenvalue weighted by atomic mass is 10.3. The van der Waals surface area contributed by atoms with Crippen LogP contribution in [0.5, 0.6) is 0 Å². The summed E-state index contributed by atoms with van der Waals surface area (Å²) >= 11 is 1.70. The number of aromatic nitrogens is 1. The number of hydrogen-bond acceptors (Lipinski definition) is 3. The highest BCUT2D eigenvalue weighted by Crippen LogP contribution is 2.18. The van der Waals surface area contributed by atoms with Gasteiger partial charge in [0.25, 0.3) is 0 Å². The van der Waals surface area contributed by atoms with Crippen molar-refractivity contribution in [1.29, 1.82) is 0 Å². The lowest BCUT2D eigenvalue weighted by molar-refractivity contribution is 0.805. The first-order chi connectivity index (χ1) is 8.28. The maximum absolute atomic E-state index is 4.56. The number of rotatable bonds is 5. The smallest absolute Gasteiger partial charge is 0.191 e. The molecule has 1 heterocycles. The Hall–Kier alpha value is -0.370. The van der Waals surface area contributed by atoms with Gasteiger partial charge in [0.2, 0.25) is 0 Å². The number of hydrogen-bond donors (Lipinski definition) is 2. The molecule has 102 valence electrons. The average Bonchev–Trinajstić information content (AvgIpc) is 3.01. The number of nitrogens with one attached hydrogen (secondary N) is 2. The summed E-state index contributed by atoms with van der Waals surface area (Å²) in [6, 6.07) is 0.648. The Labute approximate surface area is 130 Å². The van der Waals surface area contributed by atoms with Crippen molar-refractivity contribution in [2.45, 2.75) is 39.2 Å². The minimum absolute atomic E-state index is 0. The zero-order valence-electron chi connectivity index (χ0n) is 10.9. The van der Waals surface area contributed by atoms with Crippen molar-refractivity contribution >= 4 is 41.3 Å². The van der Waals surface area contributed by atoms with Crippen LogP contribution in [-0.4, -0.2) is 30.1 Å². The molecule has 0 radical (unpaired) electrons. The van der Waals surface area contributed by atoms with Crippen molar-refractivity contribution in [2.75, 3.05) is 13.1 Å². The highest BCUT2D eigenvalue weighted by molar-refractivity contribution is 14.0. The van der Waals surface area contributed by atoms with Crippen LogP contribution in [0.25, 0.3) is 0 Å². The maximum Gasteiger partial charge on any atom is 0.191 e. The second-order valence-corrected chi connectivity index (χ2v) is 5.35. The summed E-state index contributed by atoms with van der Waals surface area (Å²) in [7, 11) is 0. The van der Waals surface area contributed by atoms with Gasteiger partial charge in [0.1, 0.15) is 0 Å². The van der Waals surface area contributed by atoms with Gasteiger partial charge >= 0.3 is 0 Å². The molecule has 2 N–H and O–H groups in total. The molecule has 0 aromatic carbocycles. The molecule has 0 bridgehead atoms. The van der Waals surface area contributed by atoms with E-state index in [4.69, 9.17) is 0 Å². The van der Waals surface area contributed by atoms with Crippen LogP contribution in [0.1, 0.15) is 30.5 Å². The van der Waals surface area contributed by atoms with E-state index in [1.54, 1.807) is 11.3 Å². The highest BCUT2D eigenvalue weighted by atomic mass is 127. The third-order valence-electron chi connectivity index (χ3n) is 2.57. The molecular formula is C12H21IN4S. The third kappa shape index (κ3) is 5.51. The SMILES string of the molecule is CCNC(=NCCc1csc(C)n1)NC1CC1.I. The number of aliphatic imine (C=N–C) groups is 1. The van der Waals surface area contributed by atoms with E-state index in [9.17, 15) is 0 Å². The summed E-state index contributed by atoms with van der Waals surface area (Å²) < 4.78 is 0. The molecule has 1 aliphatic rings. The fourth-order valence-corrected chi connectivity index (χ4v) is 2.19. The summed E-state index contributed by atoms with van der Waals surface area (Å²) in [6.45, 7) is 5.84. The molecule has 1 fully saturated rings. The molecule has 1 saturated carbocycles. The zero-order chi connectivity index (χ0) is 12.1. The first-order valence-electron chi connectivity index (χ1n) is 6.23. The summed E-state index contributed by atoms with van der Waals surface area (Å²) in [4.78, 5) is 8.99. The Kier molecular flexibility index (Phi) is 6.91. The van der Waals surface area contributed by atoms with Gasteiger partial charge in [0, 0.05) is 30.9 Å². The van der Waals surface area contributed by atoms with Gasteiger partial charge in [-0.3, -0.25) is 4.99 Å².